The molecule has 5 nitrogen and oxygen atoms in total. The number of likely N-dealkylation sites (tertiary alicyclic amines) is 1. The minimum Gasteiger partial charge on any atom is -0.442 e. The van der Waals surface area contributed by atoms with E-state index in [2.05, 4.69) is 0 Å². The predicted octanol–water partition coefficient (Wildman–Crippen LogP) is 1.09. The highest BCUT2D eigenvalue weighted by molar-refractivity contribution is 5.94. The average Bonchev–Trinajstić information content (AvgIpc) is 2.84. The van der Waals surface area contributed by atoms with Crippen LogP contribution in [0, 0.1) is 0 Å². The third-order valence-corrected chi connectivity index (χ3v) is 3.05. The topological polar surface area (TPSA) is 75.8 Å². The Morgan fingerprint density at radius 3 is 3.00 bits per heavy atom. The van der Waals surface area contributed by atoms with Gasteiger partial charge in [-0.15, -0.1) is 0 Å². The molecular formula is C14H18N2O3. The van der Waals surface area contributed by atoms with Crippen LogP contribution in [0.5, 0.6) is 5.75 Å². The van der Waals surface area contributed by atoms with Crippen molar-refractivity contribution in [2.45, 2.75) is 19.4 Å². The Kier molecular flexibility index (Phi) is 4.06. The molecule has 0 aliphatic carbocycles. The largest absolute Gasteiger partial charge is 0.442 e. The second kappa shape index (κ2) is 5.75. The van der Waals surface area contributed by atoms with E-state index in [1.54, 1.807) is 42.2 Å². The molecule has 5 heteroatoms. The lowest BCUT2D eigenvalue weighted by Crippen LogP contribution is -2.29. The highest BCUT2D eigenvalue weighted by Gasteiger charge is 2.25. The van der Waals surface area contributed by atoms with Gasteiger partial charge in [-0.05, 0) is 37.6 Å². The highest BCUT2D eigenvalue weighted by atomic mass is 16.5. The van der Waals surface area contributed by atoms with Crippen LogP contribution in [0.2, 0.25) is 0 Å². The van der Waals surface area contributed by atoms with Crippen LogP contribution in [0.3, 0.4) is 0 Å². The van der Waals surface area contributed by atoms with Crippen LogP contribution in [0.4, 0.5) is 0 Å². The summed E-state index contributed by atoms with van der Waals surface area (Å²) in [4.78, 5) is 13.9. The minimum atomic E-state index is -0.415. The minimum absolute atomic E-state index is 0.0963. The molecule has 1 unspecified atom stereocenters. The molecule has 19 heavy (non-hydrogen) atoms. The molecule has 1 heterocycles. The number of rotatable bonds is 3. The number of β-amino-alcohol motifs (C(OH)–C–C–N with tert-alkyl or cyclic N) is 1. The lowest BCUT2D eigenvalue weighted by Gasteiger charge is -2.16. The van der Waals surface area contributed by atoms with Gasteiger partial charge in [0.15, 0.2) is 5.88 Å². The zero-order valence-electron chi connectivity index (χ0n) is 10.9. The summed E-state index contributed by atoms with van der Waals surface area (Å²) in [5, 5.41) is 9.46. The van der Waals surface area contributed by atoms with Crippen LogP contribution in [-0.2, 0) is 0 Å². The quantitative estimate of drug-likeness (QED) is 0.800. The van der Waals surface area contributed by atoms with E-state index in [1.807, 2.05) is 0 Å². The summed E-state index contributed by atoms with van der Waals surface area (Å²) >= 11 is 0. The molecular weight excluding hydrogens is 244 g/mol. The van der Waals surface area contributed by atoms with Gasteiger partial charge < -0.3 is 20.5 Å². The van der Waals surface area contributed by atoms with E-state index in [4.69, 9.17) is 10.5 Å². The first-order valence-corrected chi connectivity index (χ1v) is 6.27. The first-order valence-electron chi connectivity index (χ1n) is 6.27. The van der Waals surface area contributed by atoms with E-state index < -0.39 is 6.10 Å². The zero-order chi connectivity index (χ0) is 13.8. The van der Waals surface area contributed by atoms with E-state index in [1.165, 1.54) is 0 Å². The van der Waals surface area contributed by atoms with Crippen LogP contribution in [0.15, 0.2) is 36.2 Å². The molecule has 3 N–H and O–H groups in total. The van der Waals surface area contributed by atoms with E-state index in [0.717, 1.165) is 0 Å². The molecule has 1 atom stereocenters. The third-order valence-electron chi connectivity index (χ3n) is 3.05. The van der Waals surface area contributed by atoms with Crippen molar-refractivity contribution in [1.82, 2.24) is 4.90 Å². The summed E-state index contributed by atoms with van der Waals surface area (Å²) in [5.41, 5.74) is 6.12. The van der Waals surface area contributed by atoms with Crippen LogP contribution in [0.25, 0.3) is 0 Å². The van der Waals surface area contributed by atoms with Gasteiger partial charge in [0.25, 0.3) is 5.91 Å². The van der Waals surface area contributed by atoms with Gasteiger partial charge in [-0.1, -0.05) is 6.07 Å². The molecule has 2 rings (SSSR count). The number of amides is 1. The van der Waals surface area contributed by atoms with Gasteiger partial charge >= 0.3 is 0 Å². The van der Waals surface area contributed by atoms with Crippen LogP contribution in [-0.4, -0.2) is 35.1 Å². The summed E-state index contributed by atoms with van der Waals surface area (Å²) in [5.74, 6) is 0.725. The van der Waals surface area contributed by atoms with Gasteiger partial charge in [-0.25, -0.2) is 0 Å². The standard InChI is InChI=1S/C14H18N2O3/c1-2-13(15)19-12-5-3-4-10(8-12)14(18)16-7-6-11(17)9-16/h2-5,8,11,17H,6-7,9,15H2,1H3/b13-2+. The Bertz CT molecular complexity index is 499. The number of nitrogens with two attached hydrogens (primary N) is 1. The Labute approximate surface area is 112 Å². The Hall–Kier alpha value is -2.01. The average molecular weight is 262 g/mol. The van der Waals surface area contributed by atoms with Crippen LogP contribution < -0.4 is 10.5 Å². The van der Waals surface area contributed by atoms with Gasteiger partial charge in [0.2, 0.25) is 0 Å². The number of carbonyl (C=O) groups excluding carboxylic acids is 1. The third kappa shape index (κ3) is 3.26. The number of hydrogen-bond acceptors (Lipinski definition) is 4. The van der Waals surface area contributed by atoms with Crippen molar-refractivity contribution in [3.63, 3.8) is 0 Å². The molecule has 1 aromatic rings. The summed E-state index contributed by atoms with van der Waals surface area (Å²) in [6, 6.07) is 6.87. The second-order valence-electron chi connectivity index (χ2n) is 4.51. The zero-order valence-corrected chi connectivity index (χ0v) is 10.9. The van der Waals surface area contributed by atoms with Gasteiger partial charge in [-0.3, -0.25) is 4.79 Å². The Balaban J connectivity index is 2.12. The summed E-state index contributed by atoms with van der Waals surface area (Å²) in [6.07, 6.45) is 1.86. The fourth-order valence-electron chi connectivity index (χ4n) is 2.00. The van der Waals surface area contributed by atoms with E-state index in [-0.39, 0.29) is 5.91 Å². The van der Waals surface area contributed by atoms with Crippen molar-refractivity contribution < 1.29 is 14.6 Å². The van der Waals surface area contributed by atoms with E-state index in [9.17, 15) is 9.90 Å². The fraction of sp³-hybridized carbons (Fsp3) is 0.357. The molecule has 0 spiro atoms. The first-order chi connectivity index (χ1) is 9.10. The lowest BCUT2D eigenvalue weighted by atomic mass is 10.2. The van der Waals surface area contributed by atoms with Gasteiger partial charge in [-0.2, -0.15) is 0 Å². The number of benzene rings is 1. The maximum Gasteiger partial charge on any atom is 0.254 e. The fourth-order valence-corrected chi connectivity index (χ4v) is 2.00. The number of carbonyl (C=O) groups is 1. The molecule has 102 valence electrons. The lowest BCUT2D eigenvalue weighted by molar-refractivity contribution is 0.0764. The van der Waals surface area contributed by atoms with Crippen LogP contribution >= 0.6 is 0 Å². The van der Waals surface area contributed by atoms with Gasteiger partial charge in [0, 0.05) is 18.7 Å². The van der Waals surface area contributed by atoms with E-state index in [0.29, 0.717) is 36.7 Å². The van der Waals surface area contributed by atoms with Gasteiger partial charge in [0.05, 0.1) is 6.10 Å². The molecule has 1 aromatic carbocycles. The van der Waals surface area contributed by atoms with Crippen molar-refractivity contribution in [3.05, 3.63) is 41.8 Å². The Morgan fingerprint density at radius 1 is 1.58 bits per heavy atom. The molecule has 0 saturated carbocycles. The second-order valence-corrected chi connectivity index (χ2v) is 4.51. The molecule has 1 aliphatic heterocycles. The normalized spacial score (nSPS) is 19.6. The predicted molar refractivity (Wildman–Crippen MR) is 71.5 cm³/mol. The molecule has 1 amide bonds. The Morgan fingerprint density at radius 2 is 2.37 bits per heavy atom. The number of aliphatic hydroxyl groups excluding tert-OH is 1. The molecule has 0 radical (unpaired) electrons. The number of allylic oxidation sites excluding steroid dienone is 1. The maximum atomic E-state index is 12.2. The summed E-state index contributed by atoms with van der Waals surface area (Å²) in [7, 11) is 0. The van der Waals surface area contributed by atoms with Crippen molar-refractivity contribution in [2.75, 3.05) is 13.1 Å². The van der Waals surface area contributed by atoms with E-state index >= 15 is 0 Å². The van der Waals surface area contributed by atoms with Gasteiger partial charge in [0.1, 0.15) is 5.75 Å². The highest BCUT2D eigenvalue weighted by Crippen LogP contribution is 2.18. The molecule has 1 saturated heterocycles. The number of ether oxygens (including phenoxy) is 1. The number of nitrogens with zero attached hydrogens (tertiary/aromatic N) is 1. The SMILES string of the molecule is C/C=C(\N)Oc1cccc(C(=O)N2CCC(O)C2)c1. The molecule has 0 bridgehead atoms. The molecule has 1 aliphatic rings. The first kappa shape index (κ1) is 13.4. The van der Waals surface area contributed by atoms with Crippen molar-refractivity contribution in [3.8, 4) is 5.75 Å². The summed E-state index contributed by atoms with van der Waals surface area (Å²) in [6.45, 7) is 2.75. The number of aliphatic hydroxyl groups is 1. The van der Waals surface area contributed by atoms with Crippen molar-refractivity contribution >= 4 is 5.91 Å². The maximum absolute atomic E-state index is 12.2. The van der Waals surface area contributed by atoms with Crippen molar-refractivity contribution in [2.24, 2.45) is 5.73 Å². The smallest absolute Gasteiger partial charge is 0.254 e. The molecule has 1 fully saturated rings. The number of hydrogen-bond donors (Lipinski definition) is 2. The molecule has 0 aromatic heterocycles. The summed E-state index contributed by atoms with van der Waals surface area (Å²) < 4.78 is 5.36. The van der Waals surface area contributed by atoms with Crippen LogP contribution in [0.1, 0.15) is 23.7 Å². The monoisotopic (exact) mass is 262 g/mol. The van der Waals surface area contributed by atoms with Crippen molar-refractivity contribution in [1.29, 1.82) is 0 Å².